The van der Waals surface area contributed by atoms with Crippen LogP contribution in [-0.2, 0) is 6.54 Å². The van der Waals surface area contributed by atoms with Gasteiger partial charge in [-0.1, -0.05) is 6.07 Å². The molecule has 0 saturated carbocycles. The summed E-state index contributed by atoms with van der Waals surface area (Å²) in [5.41, 5.74) is 6.59. The van der Waals surface area contributed by atoms with E-state index in [1.54, 1.807) is 0 Å². The van der Waals surface area contributed by atoms with Gasteiger partial charge in [0, 0.05) is 25.2 Å². The van der Waals surface area contributed by atoms with Crippen LogP contribution in [0.4, 0.5) is 8.78 Å². The molecule has 3 rings (SSSR count). The molecule has 0 bridgehead atoms. The van der Waals surface area contributed by atoms with E-state index in [1.165, 1.54) is 17.4 Å². The van der Waals surface area contributed by atoms with Crippen molar-refractivity contribution in [2.24, 2.45) is 5.73 Å². The van der Waals surface area contributed by atoms with E-state index in [0.29, 0.717) is 29.9 Å². The quantitative estimate of drug-likeness (QED) is 0.801. The van der Waals surface area contributed by atoms with E-state index in [2.05, 4.69) is 4.98 Å². The number of fused-ring (bicyclic) bond motifs is 1. The lowest BCUT2D eigenvalue weighted by molar-refractivity contribution is 0.510. The Morgan fingerprint density at radius 2 is 2.05 bits per heavy atom. The molecule has 0 saturated heterocycles. The third-order valence-corrected chi connectivity index (χ3v) is 3.75. The third-order valence-electron chi connectivity index (χ3n) is 2.88. The number of hydrogen-bond acceptors (Lipinski definition) is 3. The number of imidazole rings is 1. The molecule has 2 N–H and O–H groups in total. The minimum absolute atomic E-state index is 0.406. The predicted molar refractivity (Wildman–Crippen MR) is 72.0 cm³/mol. The van der Waals surface area contributed by atoms with Crippen LogP contribution in [0.25, 0.3) is 21.7 Å². The lowest BCUT2D eigenvalue weighted by Gasteiger charge is -2.06. The number of rotatable bonds is 3. The molecule has 98 valence electrons. The fraction of sp³-hybridized carbons (Fsp3) is 0.154. The first kappa shape index (κ1) is 12.3. The van der Waals surface area contributed by atoms with Crippen LogP contribution in [0.5, 0.6) is 0 Å². The molecule has 0 fully saturated rings. The Kier molecular flexibility index (Phi) is 3.04. The molecule has 3 nitrogen and oxygen atoms in total. The molecule has 0 amide bonds. The number of nitrogens with zero attached hydrogens (tertiary/aromatic N) is 2. The van der Waals surface area contributed by atoms with Crippen LogP contribution in [0, 0.1) is 11.6 Å². The molecule has 0 atom stereocenters. The molecule has 2 aromatic heterocycles. The monoisotopic (exact) mass is 279 g/mol. The highest BCUT2D eigenvalue weighted by atomic mass is 32.1. The molecule has 0 aliphatic carbocycles. The summed E-state index contributed by atoms with van der Waals surface area (Å²) in [7, 11) is 0. The van der Waals surface area contributed by atoms with Crippen molar-refractivity contribution < 1.29 is 8.78 Å². The van der Waals surface area contributed by atoms with Crippen LogP contribution in [0.1, 0.15) is 0 Å². The van der Waals surface area contributed by atoms with E-state index in [9.17, 15) is 8.78 Å². The van der Waals surface area contributed by atoms with Gasteiger partial charge in [-0.15, -0.1) is 11.3 Å². The van der Waals surface area contributed by atoms with Crippen molar-refractivity contribution in [1.82, 2.24) is 9.55 Å². The first-order valence-electron chi connectivity index (χ1n) is 5.80. The molecule has 3 aromatic rings. The molecule has 19 heavy (non-hydrogen) atoms. The van der Waals surface area contributed by atoms with E-state index < -0.39 is 11.6 Å². The van der Waals surface area contributed by atoms with E-state index in [4.69, 9.17) is 5.73 Å². The topological polar surface area (TPSA) is 43.8 Å². The van der Waals surface area contributed by atoms with E-state index in [0.717, 1.165) is 10.9 Å². The maximum absolute atomic E-state index is 13.4. The van der Waals surface area contributed by atoms with E-state index in [1.807, 2.05) is 22.1 Å². The maximum Gasteiger partial charge on any atom is 0.161 e. The Morgan fingerprint density at radius 1 is 1.26 bits per heavy atom. The minimum Gasteiger partial charge on any atom is -0.329 e. The molecule has 2 heterocycles. The average molecular weight is 279 g/mol. The summed E-state index contributed by atoms with van der Waals surface area (Å²) in [6.07, 6.45) is 0. The van der Waals surface area contributed by atoms with Crippen molar-refractivity contribution in [3.05, 3.63) is 41.3 Å². The average Bonchev–Trinajstić information content (AvgIpc) is 3.00. The minimum atomic E-state index is -0.886. The van der Waals surface area contributed by atoms with Crippen LogP contribution in [0.2, 0.25) is 0 Å². The second kappa shape index (κ2) is 4.71. The van der Waals surface area contributed by atoms with Gasteiger partial charge in [0.05, 0.1) is 15.9 Å². The summed E-state index contributed by atoms with van der Waals surface area (Å²) in [4.78, 5) is 5.34. The largest absolute Gasteiger partial charge is 0.329 e. The highest BCUT2D eigenvalue weighted by molar-refractivity contribution is 7.13. The standard InChI is InChI=1S/C13H11F2N3S/c14-8-6-10-11(7-9(8)15)18(4-3-16)13(17-10)12-2-1-5-19-12/h1-2,5-7H,3-4,16H2. The number of halogens is 2. The zero-order valence-corrected chi connectivity index (χ0v) is 10.8. The lowest BCUT2D eigenvalue weighted by atomic mass is 10.3. The van der Waals surface area contributed by atoms with Crippen LogP contribution >= 0.6 is 11.3 Å². The SMILES string of the molecule is NCCn1c(-c2cccs2)nc2cc(F)c(F)cc21. The van der Waals surface area contributed by atoms with Crippen molar-refractivity contribution in [2.75, 3.05) is 6.54 Å². The molecule has 0 aliphatic heterocycles. The summed E-state index contributed by atoms with van der Waals surface area (Å²) >= 11 is 1.53. The smallest absolute Gasteiger partial charge is 0.161 e. The van der Waals surface area contributed by atoms with Gasteiger partial charge in [0.25, 0.3) is 0 Å². The van der Waals surface area contributed by atoms with Gasteiger partial charge in [-0.05, 0) is 11.4 Å². The molecular weight excluding hydrogens is 268 g/mol. The first-order valence-corrected chi connectivity index (χ1v) is 6.68. The van der Waals surface area contributed by atoms with E-state index >= 15 is 0 Å². The Labute approximate surface area is 112 Å². The number of nitrogens with two attached hydrogens (primary N) is 1. The van der Waals surface area contributed by atoms with Gasteiger partial charge in [-0.2, -0.15) is 0 Å². The summed E-state index contributed by atoms with van der Waals surface area (Å²) in [6, 6.07) is 6.12. The van der Waals surface area contributed by atoms with Crippen molar-refractivity contribution in [1.29, 1.82) is 0 Å². The Bertz CT molecular complexity index is 719. The van der Waals surface area contributed by atoms with Gasteiger partial charge in [0.15, 0.2) is 17.5 Å². The highest BCUT2D eigenvalue weighted by Crippen LogP contribution is 2.29. The first-order chi connectivity index (χ1) is 9.20. The number of hydrogen-bond donors (Lipinski definition) is 1. The lowest BCUT2D eigenvalue weighted by Crippen LogP contribution is -2.10. The maximum atomic E-state index is 13.4. The van der Waals surface area contributed by atoms with Gasteiger partial charge >= 0.3 is 0 Å². The number of thiophene rings is 1. The summed E-state index contributed by atoms with van der Waals surface area (Å²) in [5.74, 6) is -1.06. The van der Waals surface area contributed by atoms with Crippen LogP contribution in [0.3, 0.4) is 0 Å². The number of benzene rings is 1. The fourth-order valence-corrected chi connectivity index (χ4v) is 2.79. The highest BCUT2D eigenvalue weighted by Gasteiger charge is 2.15. The second-order valence-electron chi connectivity index (χ2n) is 4.11. The normalized spacial score (nSPS) is 11.3. The zero-order chi connectivity index (χ0) is 13.4. The summed E-state index contributed by atoms with van der Waals surface area (Å²) in [5, 5.41) is 1.93. The summed E-state index contributed by atoms with van der Waals surface area (Å²) in [6.45, 7) is 0.914. The van der Waals surface area contributed by atoms with Crippen molar-refractivity contribution in [3.63, 3.8) is 0 Å². The summed E-state index contributed by atoms with van der Waals surface area (Å²) < 4.78 is 28.5. The molecule has 0 spiro atoms. The molecule has 6 heteroatoms. The van der Waals surface area contributed by atoms with E-state index in [-0.39, 0.29) is 0 Å². The molecule has 0 aliphatic rings. The Morgan fingerprint density at radius 3 is 2.74 bits per heavy atom. The van der Waals surface area contributed by atoms with Gasteiger partial charge in [-0.3, -0.25) is 0 Å². The molecule has 0 unspecified atom stereocenters. The molecule has 1 aromatic carbocycles. The van der Waals surface area contributed by atoms with Crippen molar-refractivity contribution in [3.8, 4) is 10.7 Å². The number of aromatic nitrogens is 2. The Hall–Kier alpha value is -1.79. The van der Waals surface area contributed by atoms with Crippen LogP contribution in [0.15, 0.2) is 29.6 Å². The van der Waals surface area contributed by atoms with Gasteiger partial charge in [-0.25, -0.2) is 13.8 Å². The fourth-order valence-electron chi connectivity index (χ4n) is 2.07. The van der Waals surface area contributed by atoms with Crippen LogP contribution in [-0.4, -0.2) is 16.1 Å². The third kappa shape index (κ3) is 2.02. The van der Waals surface area contributed by atoms with Crippen molar-refractivity contribution in [2.45, 2.75) is 6.54 Å². The Balaban J connectivity index is 2.29. The molecule has 0 radical (unpaired) electrons. The van der Waals surface area contributed by atoms with Crippen molar-refractivity contribution >= 4 is 22.4 Å². The van der Waals surface area contributed by atoms with Gasteiger partial charge in [0.2, 0.25) is 0 Å². The predicted octanol–water partition coefficient (Wildman–Crippen LogP) is 3.00. The zero-order valence-electron chi connectivity index (χ0n) is 9.94. The van der Waals surface area contributed by atoms with Gasteiger partial charge in [0.1, 0.15) is 0 Å². The molecular formula is C13H11F2N3S. The van der Waals surface area contributed by atoms with Gasteiger partial charge < -0.3 is 10.3 Å². The van der Waals surface area contributed by atoms with Crippen LogP contribution < -0.4 is 5.73 Å². The second-order valence-corrected chi connectivity index (χ2v) is 5.06.